The van der Waals surface area contributed by atoms with Gasteiger partial charge in [-0.25, -0.2) is 8.78 Å². The quantitative estimate of drug-likeness (QED) is 0.842. The van der Waals surface area contributed by atoms with Gasteiger partial charge in [0.25, 0.3) is 5.91 Å². The number of aliphatic hydroxyl groups is 1. The first-order chi connectivity index (χ1) is 12.9. The Balaban J connectivity index is 1.66. The molecular formula is C20H23F2N3O2. The third-order valence-corrected chi connectivity index (χ3v) is 4.77. The predicted octanol–water partition coefficient (Wildman–Crippen LogP) is 2.35. The fourth-order valence-corrected chi connectivity index (χ4v) is 3.53. The summed E-state index contributed by atoms with van der Waals surface area (Å²) >= 11 is 0. The van der Waals surface area contributed by atoms with Crippen LogP contribution in [0, 0.1) is 11.6 Å². The number of carbonyl (C=O) groups is 1. The Kier molecular flexibility index (Phi) is 5.82. The number of amides is 1. The van der Waals surface area contributed by atoms with E-state index in [4.69, 9.17) is 0 Å². The van der Waals surface area contributed by atoms with Crippen molar-refractivity contribution in [1.82, 2.24) is 14.8 Å². The van der Waals surface area contributed by atoms with Gasteiger partial charge in [0.1, 0.15) is 0 Å². The molecule has 1 aliphatic heterocycles. The number of likely N-dealkylation sites (N-methyl/N-ethyl adjacent to an activating group) is 1. The molecule has 1 aromatic carbocycles. The standard InChI is InChI=1S/C20H23F2N3O2/c1-24(12-16-4-2-8-23-11-16)14-20(27)7-3-9-25(19(20)26)13-15-5-6-17(21)18(22)10-15/h2,4-6,8,10-11,27H,3,7,9,12-14H2,1H3. The zero-order valence-electron chi connectivity index (χ0n) is 15.2. The smallest absolute Gasteiger partial charge is 0.256 e. The maximum atomic E-state index is 13.4. The van der Waals surface area contributed by atoms with Crippen LogP contribution in [0.3, 0.4) is 0 Å². The van der Waals surface area contributed by atoms with E-state index in [1.807, 2.05) is 24.1 Å². The highest BCUT2D eigenvalue weighted by Crippen LogP contribution is 2.26. The van der Waals surface area contributed by atoms with Crippen molar-refractivity contribution in [2.45, 2.75) is 31.5 Å². The average molecular weight is 375 g/mol. The minimum atomic E-state index is -1.49. The van der Waals surface area contributed by atoms with Crippen LogP contribution in [0.5, 0.6) is 0 Å². The lowest BCUT2D eigenvalue weighted by molar-refractivity contribution is -0.160. The summed E-state index contributed by atoms with van der Waals surface area (Å²) in [6.07, 6.45) is 4.46. The molecule has 1 unspecified atom stereocenters. The van der Waals surface area contributed by atoms with Crippen molar-refractivity contribution in [3.63, 3.8) is 0 Å². The average Bonchev–Trinajstić information content (AvgIpc) is 2.63. The Labute approximate surface area is 157 Å². The number of piperidine rings is 1. The number of nitrogens with zero attached hydrogens (tertiary/aromatic N) is 3. The van der Waals surface area contributed by atoms with Gasteiger partial charge in [0.2, 0.25) is 0 Å². The first-order valence-electron chi connectivity index (χ1n) is 8.90. The number of rotatable bonds is 6. The number of benzene rings is 1. The Bertz CT molecular complexity index is 803. The molecule has 0 spiro atoms. The van der Waals surface area contributed by atoms with Crippen molar-refractivity contribution < 1.29 is 18.7 Å². The van der Waals surface area contributed by atoms with Crippen molar-refractivity contribution in [2.24, 2.45) is 0 Å². The van der Waals surface area contributed by atoms with Crippen LogP contribution in [0.2, 0.25) is 0 Å². The fourth-order valence-electron chi connectivity index (χ4n) is 3.53. The van der Waals surface area contributed by atoms with Gasteiger partial charge in [-0.1, -0.05) is 12.1 Å². The second-order valence-corrected chi connectivity index (χ2v) is 7.14. The van der Waals surface area contributed by atoms with Gasteiger partial charge in [-0.05, 0) is 49.2 Å². The van der Waals surface area contributed by atoms with Gasteiger partial charge in [0.15, 0.2) is 17.2 Å². The van der Waals surface area contributed by atoms with Gasteiger partial charge in [0.05, 0.1) is 0 Å². The molecule has 1 aliphatic rings. The van der Waals surface area contributed by atoms with E-state index in [0.29, 0.717) is 31.5 Å². The molecule has 1 amide bonds. The molecule has 2 aromatic rings. The van der Waals surface area contributed by atoms with Crippen LogP contribution in [-0.2, 0) is 17.9 Å². The second-order valence-electron chi connectivity index (χ2n) is 7.14. The van der Waals surface area contributed by atoms with Crippen LogP contribution in [0.1, 0.15) is 24.0 Å². The second kappa shape index (κ2) is 8.10. The largest absolute Gasteiger partial charge is 0.379 e. The van der Waals surface area contributed by atoms with Gasteiger partial charge in [0, 0.05) is 38.6 Å². The van der Waals surface area contributed by atoms with E-state index in [-0.39, 0.29) is 19.0 Å². The summed E-state index contributed by atoms with van der Waals surface area (Å²) in [5.74, 6) is -2.24. The van der Waals surface area contributed by atoms with Gasteiger partial charge < -0.3 is 10.0 Å². The lowest BCUT2D eigenvalue weighted by Crippen LogP contribution is -2.57. The Morgan fingerprint density at radius 2 is 2.07 bits per heavy atom. The summed E-state index contributed by atoms with van der Waals surface area (Å²) in [5, 5.41) is 11.0. The van der Waals surface area contributed by atoms with Gasteiger partial charge in [-0.2, -0.15) is 0 Å². The van der Waals surface area contributed by atoms with E-state index in [0.717, 1.165) is 17.7 Å². The van der Waals surface area contributed by atoms with E-state index in [1.54, 1.807) is 12.4 Å². The SMILES string of the molecule is CN(Cc1cccnc1)CC1(O)CCCN(Cc2ccc(F)c(F)c2)C1=O. The number of aromatic nitrogens is 1. The lowest BCUT2D eigenvalue weighted by atomic mass is 9.90. The molecule has 1 fully saturated rings. The van der Waals surface area contributed by atoms with E-state index in [2.05, 4.69) is 4.98 Å². The van der Waals surface area contributed by atoms with E-state index in [9.17, 15) is 18.7 Å². The number of carbonyl (C=O) groups excluding carboxylic acids is 1. The Hall–Kier alpha value is -2.38. The van der Waals surface area contributed by atoms with Crippen LogP contribution >= 0.6 is 0 Å². The van der Waals surface area contributed by atoms with Crippen molar-refractivity contribution >= 4 is 5.91 Å². The normalized spacial score (nSPS) is 20.3. The van der Waals surface area contributed by atoms with Crippen molar-refractivity contribution in [3.05, 3.63) is 65.5 Å². The first kappa shape index (κ1) is 19.4. The molecule has 27 heavy (non-hydrogen) atoms. The van der Waals surface area contributed by atoms with Crippen LogP contribution < -0.4 is 0 Å². The van der Waals surface area contributed by atoms with Crippen LogP contribution in [-0.4, -0.2) is 51.5 Å². The zero-order chi connectivity index (χ0) is 19.4. The number of likely N-dealkylation sites (tertiary alicyclic amines) is 1. The first-order valence-corrected chi connectivity index (χ1v) is 8.90. The molecule has 1 saturated heterocycles. The molecule has 2 heterocycles. The third-order valence-electron chi connectivity index (χ3n) is 4.77. The zero-order valence-corrected chi connectivity index (χ0v) is 15.2. The van der Waals surface area contributed by atoms with Gasteiger partial charge >= 0.3 is 0 Å². The van der Waals surface area contributed by atoms with Crippen molar-refractivity contribution in [2.75, 3.05) is 20.1 Å². The lowest BCUT2D eigenvalue weighted by Gasteiger charge is -2.40. The van der Waals surface area contributed by atoms with Crippen LogP contribution in [0.25, 0.3) is 0 Å². The molecule has 1 aromatic heterocycles. The molecular weight excluding hydrogens is 352 g/mol. The number of hydrogen-bond donors (Lipinski definition) is 1. The monoisotopic (exact) mass is 375 g/mol. The molecule has 0 aliphatic carbocycles. The number of halogens is 2. The maximum Gasteiger partial charge on any atom is 0.256 e. The topological polar surface area (TPSA) is 56.7 Å². The molecule has 0 bridgehead atoms. The molecule has 1 N–H and O–H groups in total. The van der Waals surface area contributed by atoms with E-state index in [1.165, 1.54) is 11.0 Å². The van der Waals surface area contributed by atoms with E-state index < -0.39 is 17.2 Å². The molecule has 7 heteroatoms. The van der Waals surface area contributed by atoms with Gasteiger partial charge in [-0.3, -0.25) is 14.7 Å². The van der Waals surface area contributed by atoms with Crippen molar-refractivity contribution in [1.29, 1.82) is 0 Å². The summed E-state index contributed by atoms with van der Waals surface area (Å²) in [4.78, 5) is 20.3. The summed E-state index contributed by atoms with van der Waals surface area (Å²) < 4.78 is 26.5. The van der Waals surface area contributed by atoms with Crippen LogP contribution in [0.4, 0.5) is 8.78 Å². The molecule has 144 valence electrons. The molecule has 0 radical (unpaired) electrons. The minimum Gasteiger partial charge on any atom is -0.379 e. The predicted molar refractivity (Wildman–Crippen MR) is 96.5 cm³/mol. The fraction of sp³-hybridized carbons (Fsp3) is 0.400. The molecule has 3 rings (SSSR count). The van der Waals surface area contributed by atoms with Crippen LogP contribution in [0.15, 0.2) is 42.7 Å². The maximum absolute atomic E-state index is 13.4. The molecule has 5 nitrogen and oxygen atoms in total. The number of hydrogen-bond acceptors (Lipinski definition) is 4. The summed E-state index contributed by atoms with van der Waals surface area (Å²) in [5.41, 5.74) is -0.00550. The highest BCUT2D eigenvalue weighted by Gasteiger charge is 2.42. The summed E-state index contributed by atoms with van der Waals surface area (Å²) in [6, 6.07) is 7.37. The number of pyridine rings is 1. The van der Waals surface area contributed by atoms with Crippen molar-refractivity contribution in [3.8, 4) is 0 Å². The summed E-state index contributed by atoms with van der Waals surface area (Å²) in [7, 11) is 1.84. The highest BCUT2D eigenvalue weighted by molar-refractivity contribution is 5.86. The van der Waals surface area contributed by atoms with Gasteiger partial charge in [-0.15, -0.1) is 0 Å². The van der Waals surface area contributed by atoms with E-state index >= 15 is 0 Å². The highest BCUT2D eigenvalue weighted by atomic mass is 19.2. The summed E-state index contributed by atoms with van der Waals surface area (Å²) in [6.45, 7) is 1.37. The Morgan fingerprint density at radius 1 is 1.26 bits per heavy atom. The third kappa shape index (κ3) is 4.67. The molecule has 0 saturated carbocycles. The Morgan fingerprint density at radius 3 is 2.78 bits per heavy atom. The minimum absolute atomic E-state index is 0.144. The molecule has 1 atom stereocenters.